The molecule has 1 atom stereocenters. The maximum Gasteiger partial charge on any atom is 0.578 e. The van der Waals surface area contributed by atoms with Crippen LogP contribution < -0.4 is 0 Å². The average molecular weight is 442 g/mol. The summed E-state index contributed by atoms with van der Waals surface area (Å²) in [6.07, 6.45) is -4.45. The van der Waals surface area contributed by atoms with E-state index in [1.54, 1.807) is 0 Å². The van der Waals surface area contributed by atoms with Crippen molar-refractivity contribution >= 4 is 40.2 Å². The minimum atomic E-state index is -5.33. The fraction of sp³-hybridized carbons (Fsp3) is 0.182. The number of alkyl halides is 6. The molecule has 0 fully saturated rings. The first-order valence-electron chi connectivity index (χ1n) is 6.02. The molecule has 0 radical (unpaired) electrons. The normalized spacial score (nSPS) is 13.7. The summed E-state index contributed by atoms with van der Waals surface area (Å²) in [7, 11) is 0. The summed E-state index contributed by atoms with van der Waals surface area (Å²) >= 11 is 7.54. The summed E-state index contributed by atoms with van der Waals surface area (Å²) in [5.74, 6) is -1.41. The van der Waals surface area contributed by atoms with E-state index in [0.717, 1.165) is 0 Å². The molecule has 2 rings (SSSR count). The maximum atomic E-state index is 12.7. The third-order valence-corrected chi connectivity index (χ3v) is 4.50. The largest absolute Gasteiger partial charge is 0.604 e. The van der Waals surface area contributed by atoms with Gasteiger partial charge in [-0.25, -0.2) is 0 Å². The molecular weight excluding hydrogens is 439 g/mol. The molecule has 0 N–H and O–H groups in total. The predicted molar refractivity (Wildman–Crippen MR) is 77.7 cm³/mol. The second-order valence-electron chi connectivity index (χ2n) is 4.52. The molecule has 1 unspecified atom stereocenters. The van der Waals surface area contributed by atoms with Gasteiger partial charge in [-0.3, -0.25) is 0 Å². The fourth-order valence-electron chi connectivity index (χ4n) is 1.79. The molecule has 1 aromatic heterocycles. The highest BCUT2D eigenvalue weighted by molar-refractivity contribution is 7.92. The number of hydrogen-bond acceptors (Lipinski definition) is 4. The minimum Gasteiger partial charge on any atom is -0.604 e. The van der Waals surface area contributed by atoms with E-state index in [2.05, 4.69) is 5.10 Å². The van der Waals surface area contributed by atoms with Crippen LogP contribution in [0.5, 0.6) is 0 Å². The van der Waals surface area contributed by atoms with Gasteiger partial charge >= 0.3 is 17.5 Å². The number of rotatable bonds is 3. The number of halogens is 8. The van der Waals surface area contributed by atoms with Gasteiger partial charge < -0.3 is 14.7 Å². The molecule has 0 aliphatic carbocycles. The molecule has 1 aromatic carbocycles. The third kappa shape index (κ3) is 4.00. The Morgan fingerprint density at radius 2 is 1.62 bits per heavy atom. The first kappa shape index (κ1) is 20.6. The zero-order chi connectivity index (χ0) is 20.0. The van der Waals surface area contributed by atoms with Crippen molar-refractivity contribution in [2.75, 3.05) is 0 Å². The summed E-state index contributed by atoms with van der Waals surface area (Å²) < 4.78 is 87.7. The Kier molecular flexibility index (Phi) is 5.38. The Morgan fingerprint density at radius 3 is 2.00 bits per heavy atom. The van der Waals surface area contributed by atoms with Crippen LogP contribution in [0.15, 0.2) is 23.2 Å². The minimum absolute atomic E-state index is 0.363. The Labute approximate surface area is 152 Å². The van der Waals surface area contributed by atoms with E-state index < -0.39 is 59.8 Å². The predicted octanol–water partition coefficient (Wildman–Crippen LogP) is 4.73. The Balaban J connectivity index is 2.66. The average Bonchev–Trinajstić information content (AvgIpc) is 2.88. The number of hydrogen-bond donors (Lipinski definition) is 0. The highest BCUT2D eigenvalue weighted by atomic mass is 35.5. The Bertz CT molecular complexity index is 847. The Morgan fingerprint density at radius 1 is 1.12 bits per heavy atom. The molecule has 0 bridgehead atoms. The van der Waals surface area contributed by atoms with Gasteiger partial charge in [-0.05, 0) is 17.1 Å². The zero-order valence-electron chi connectivity index (χ0n) is 11.7. The molecule has 0 spiro atoms. The van der Waals surface area contributed by atoms with E-state index in [-0.39, 0.29) is 0 Å². The Hall–Kier alpha value is -1.70. The fourth-order valence-corrected chi connectivity index (χ4v) is 3.18. The first-order valence-corrected chi connectivity index (χ1v) is 7.93. The molecule has 0 saturated carbocycles. The van der Waals surface area contributed by atoms with Crippen molar-refractivity contribution in [1.29, 1.82) is 0 Å². The molecule has 142 valence electrons. The maximum absolute atomic E-state index is 12.7. The van der Waals surface area contributed by atoms with E-state index in [0.29, 0.717) is 23.0 Å². The van der Waals surface area contributed by atoms with E-state index in [4.69, 9.17) is 23.2 Å². The summed E-state index contributed by atoms with van der Waals surface area (Å²) in [6, 6.07) is 0.827. The van der Waals surface area contributed by atoms with Gasteiger partial charge in [-0.15, -0.1) is 17.9 Å². The van der Waals surface area contributed by atoms with E-state index in [1.807, 2.05) is 0 Å². The lowest BCUT2D eigenvalue weighted by Gasteiger charge is -2.10. The molecule has 15 heteroatoms. The van der Waals surface area contributed by atoms with Gasteiger partial charge in [0.05, 0.1) is 20.7 Å². The van der Waals surface area contributed by atoms with Crippen LogP contribution in [0.3, 0.4) is 0 Å². The topological polar surface area (TPSA) is 84.0 Å². The van der Waals surface area contributed by atoms with Gasteiger partial charge in [0.2, 0.25) is 0 Å². The van der Waals surface area contributed by atoms with Gasteiger partial charge in [0.15, 0.2) is 0 Å². The van der Waals surface area contributed by atoms with Crippen LogP contribution >= 0.6 is 23.2 Å². The van der Waals surface area contributed by atoms with Crippen molar-refractivity contribution in [3.05, 3.63) is 44.1 Å². The van der Waals surface area contributed by atoms with Crippen LogP contribution in [0, 0.1) is 10.1 Å². The standard InChI is InChI=1S/C11H3Cl2F6N3O3S/c12-5-1-4(10(14,15)16)2-6(13)8(5)21-3-7(9(20-21)22(23)24)26(25)11(17,18)19/h1-3H. The number of nitrogens with zero attached hydrogens (tertiary/aromatic N) is 3. The molecule has 0 aliphatic heterocycles. The monoisotopic (exact) mass is 441 g/mol. The summed E-state index contributed by atoms with van der Waals surface area (Å²) in [5, 5.41) is 12.7. The van der Waals surface area contributed by atoms with Crippen molar-refractivity contribution in [1.82, 2.24) is 9.78 Å². The number of benzene rings is 1. The van der Waals surface area contributed by atoms with Gasteiger partial charge in [0.25, 0.3) is 4.90 Å². The molecule has 1 heterocycles. The summed E-state index contributed by atoms with van der Waals surface area (Å²) in [5.41, 5.74) is -7.13. The molecule has 0 aliphatic rings. The van der Waals surface area contributed by atoms with Gasteiger partial charge in [0, 0.05) is 0 Å². The molecular formula is C11H3Cl2F6N3O3S. The lowest BCUT2D eigenvalue weighted by Crippen LogP contribution is -2.23. The molecule has 2 aromatic rings. The lowest BCUT2D eigenvalue weighted by molar-refractivity contribution is -0.392. The summed E-state index contributed by atoms with van der Waals surface area (Å²) in [6.45, 7) is 0. The van der Waals surface area contributed by atoms with Gasteiger partial charge in [0.1, 0.15) is 23.1 Å². The number of nitro groups is 1. The van der Waals surface area contributed by atoms with E-state index >= 15 is 0 Å². The van der Waals surface area contributed by atoms with Crippen LogP contribution in [0.25, 0.3) is 5.69 Å². The van der Waals surface area contributed by atoms with Crippen molar-refractivity contribution < 1.29 is 35.8 Å². The highest BCUT2D eigenvalue weighted by Gasteiger charge is 2.51. The van der Waals surface area contributed by atoms with Crippen LogP contribution in [-0.4, -0.2) is 24.8 Å². The second-order valence-corrected chi connectivity index (χ2v) is 6.77. The molecule has 0 amide bonds. The smallest absolute Gasteiger partial charge is 0.578 e. The lowest BCUT2D eigenvalue weighted by atomic mass is 10.2. The van der Waals surface area contributed by atoms with Crippen molar-refractivity contribution in [2.45, 2.75) is 16.6 Å². The third-order valence-electron chi connectivity index (χ3n) is 2.82. The van der Waals surface area contributed by atoms with Crippen LogP contribution in [0.4, 0.5) is 32.2 Å². The molecule has 6 nitrogen and oxygen atoms in total. The van der Waals surface area contributed by atoms with Crippen LogP contribution in [-0.2, 0) is 17.4 Å². The van der Waals surface area contributed by atoms with Crippen molar-refractivity contribution in [3.63, 3.8) is 0 Å². The van der Waals surface area contributed by atoms with E-state index in [1.165, 1.54) is 0 Å². The first-order chi connectivity index (χ1) is 11.7. The van der Waals surface area contributed by atoms with Crippen LogP contribution in [0.2, 0.25) is 10.0 Å². The van der Waals surface area contributed by atoms with Crippen molar-refractivity contribution in [3.8, 4) is 5.69 Å². The van der Waals surface area contributed by atoms with Crippen LogP contribution in [0.1, 0.15) is 5.56 Å². The van der Waals surface area contributed by atoms with Crippen molar-refractivity contribution in [2.24, 2.45) is 0 Å². The highest BCUT2D eigenvalue weighted by Crippen LogP contribution is 2.40. The number of aromatic nitrogens is 2. The molecule has 26 heavy (non-hydrogen) atoms. The second kappa shape index (κ2) is 6.79. The summed E-state index contributed by atoms with van der Waals surface area (Å²) in [4.78, 5) is 8.22. The molecule has 0 saturated heterocycles. The SMILES string of the molecule is O=[N+]([O-])c1nn(-c2c(Cl)cc(C(F)(F)F)cc2Cl)cc1[S+]([O-])C(F)(F)F. The van der Waals surface area contributed by atoms with Gasteiger partial charge in [-0.1, -0.05) is 23.2 Å². The van der Waals surface area contributed by atoms with Gasteiger partial charge in [-0.2, -0.15) is 13.2 Å². The van der Waals surface area contributed by atoms with E-state index in [9.17, 15) is 41.0 Å². The zero-order valence-corrected chi connectivity index (χ0v) is 14.1. The quantitative estimate of drug-likeness (QED) is 0.298.